The van der Waals surface area contributed by atoms with Gasteiger partial charge >= 0.3 is 0 Å². The van der Waals surface area contributed by atoms with Crippen LogP contribution < -0.4 is 5.73 Å². The van der Waals surface area contributed by atoms with E-state index in [2.05, 4.69) is 5.16 Å². The Kier molecular flexibility index (Phi) is 2.90. The third kappa shape index (κ3) is 2.39. The summed E-state index contributed by atoms with van der Waals surface area (Å²) in [5.41, 5.74) is 7.94. The number of alkyl halides is 1. The third-order valence-corrected chi connectivity index (χ3v) is 2.27. The number of rotatable bonds is 3. The van der Waals surface area contributed by atoms with Gasteiger partial charge in [0, 0.05) is 18.1 Å². The lowest BCUT2D eigenvalue weighted by molar-refractivity contribution is 0.360. The number of benzene rings is 1. The molecule has 84 valence electrons. The molecular weight excluding hydrogens is 207 g/mol. The molecule has 0 spiro atoms. The number of nitrogen functional groups attached to an aromatic ring is 1. The van der Waals surface area contributed by atoms with Gasteiger partial charge in [0.25, 0.3) is 0 Å². The molecule has 16 heavy (non-hydrogen) atoms. The molecule has 4 heteroatoms. The summed E-state index contributed by atoms with van der Waals surface area (Å²) in [6.45, 7) is 1.54. The van der Waals surface area contributed by atoms with Crippen LogP contribution in [0.5, 0.6) is 0 Å². The van der Waals surface area contributed by atoms with Gasteiger partial charge in [0.1, 0.15) is 11.9 Å². The molecule has 2 aromatic rings. The summed E-state index contributed by atoms with van der Waals surface area (Å²) < 4.78 is 17.7. The Morgan fingerprint density at radius 3 is 2.88 bits per heavy atom. The standard InChI is InChI=1S/C12H13FN2O/c1-8(13)5-9-3-2-4-10(6-9)11-7-12(14)16-15-11/h2-4,6-8H,5,14H2,1H3. The lowest BCUT2D eigenvalue weighted by atomic mass is 10.0. The number of aromatic nitrogens is 1. The van der Waals surface area contributed by atoms with E-state index >= 15 is 0 Å². The van der Waals surface area contributed by atoms with E-state index in [1.165, 1.54) is 0 Å². The number of halogens is 1. The van der Waals surface area contributed by atoms with E-state index in [0.717, 1.165) is 11.1 Å². The van der Waals surface area contributed by atoms with Crippen molar-refractivity contribution in [2.45, 2.75) is 19.5 Å². The molecule has 0 bridgehead atoms. The Morgan fingerprint density at radius 1 is 1.44 bits per heavy atom. The van der Waals surface area contributed by atoms with Gasteiger partial charge in [-0.3, -0.25) is 0 Å². The zero-order valence-corrected chi connectivity index (χ0v) is 8.98. The Labute approximate surface area is 93.1 Å². The second-order valence-corrected chi connectivity index (χ2v) is 3.80. The lowest BCUT2D eigenvalue weighted by Gasteiger charge is -2.03. The van der Waals surface area contributed by atoms with Crippen LogP contribution in [0.1, 0.15) is 12.5 Å². The second-order valence-electron chi connectivity index (χ2n) is 3.80. The number of nitrogens with zero attached hydrogens (tertiary/aromatic N) is 1. The smallest absolute Gasteiger partial charge is 0.222 e. The van der Waals surface area contributed by atoms with Gasteiger partial charge in [-0.2, -0.15) is 0 Å². The average molecular weight is 220 g/mol. The molecule has 0 aliphatic carbocycles. The van der Waals surface area contributed by atoms with Crippen molar-refractivity contribution >= 4 is 5.88 Å². The quantitative estimate of drug-likeness (QED) is 0.865. The fraction of sp³-hybridized carbons (Fsp3) is 0.250. The van der Waals surface area contributed by atoms with Crippen molar-refractivity contribution in [3.63, 3.8) is 0 Å². The molecule has 1 heterocycles. The van der Waals surface area contributed by atoms with E-state index in [1.807, 2.05) is 24.3 Å². The van der Waals surface area contributed by atoms with Crippen molar-refractivity contribution in [1.29, 1.82) is 0 Å². The van der Waals surface area contributed by atoms with Crippen LogP contribution in [0.3, 0.4) is 0 Å². The summed E-state index contributed by atoms with van der Waals surface area (Å²) >= 11 is 0. The van der Waals surface area contributed by atoms with E-state index in [1.54, 1.807) is 13.0 Å². The van der Waals surface area contributed by atoms with Crippen molar-refractivity contribution in [1.82, 2.24) is 5.16 Å². The molecule has 2 rings (SSSR count). The highest BCUT2D eigenvalue weighted by molar-refractivity contribution is 5.61. The Morgan fingerprint density at radius 2 is 2.25 bits per heavy atom. The number of hydrogen-bond donors (Lipinski definition) is 1. The average Bonchev–Trinajstić information content (AvgIpc) is 2.64. The predicted molar refractivity (Wildman–Crippen MR) is 60.6 cm³/mol. The molecule has 1 atom stereocenters. The molecule has 3 nitrogen and oxygen atoms in total. The van der Waals surface area contributed by atoms with Gasteiger partial charge in [0.2, 0.25) is 5.88 Å². The Balaban J connectivity index is 2.28. The van der Waals surface area contributed by atoms with Gasteiger partial charge in [0.15, 0.2) is 0 Å². The monoisotopic (exact) mass is 220 g/mol. The van der Waals surface area contributed by atoms with Crippen LogP contribution >= 0.6 is 0 Å². The molecule has 1 aromatic heterocycles. The predicted octanol–water partition coefficient (Wildman–Crippen LogP) is 2.82. The summed E-state index contributed by atoms with van der Waals surface area (Å²) in [4.78, 5) is 0. The van der Waals surface area contributed by atoms with Crippen LogP contribution in [0, 0.1) is 0 Å². The highest BCUT2D eigenvalue weighted by Crippen LogP contribution is 2.21. The maximum Gasteiger partial charge on any atom is 0.222 e. The normalized spacial score (nSPS) is 12.6. The van der Waals surface area contributed by atoms with Gasteiger partial charge in [-0.15, -0.1) is 0 Å². The van der Waals surface area contributed by atoms with Crippen molar-refractivity contribution < 1.29 is 8.91 Å². The van der Waals surface area contributed by atoms with E-state index < -0.39 is 6.17 Å². The van der Waals surface area contributed by atoms with Gasteiger partial charge in [-0.25, -0.2) is 4.39 Å². The largest absolute Gasteiger partial charge is 0.368 e. The number of anilines is 1. The van der Waals surface area contributed by atoms with Crippen molar-refractivity contribution in [3.8, 4) is 11.3 Å². The first-order valence-electron chi connectivity index (χ1n) is 5.11. The minimum atomic E-state index is -0.849. The van der Waals surface area contributed by atoms with E-state index in [4.69, 9.17) is 10.3 Å². The fourth-order valence-corrected chi connectivity index (χ4v) is 1.61. The maximum absolute atomic E-state index is 12.9. The molecule has 0 fully saturated rings. The molecule has 1 aromatic carbocycles. The van der Waals surface area contributed by atoms with Crippen LogP contribution in [-0.4, -0.2) is 11.3 Å². The molecule has 0 radical (unpaired) electrons. The highest BCUT2D eigenvalue weighted by Gasteiger charge is 2.06. The first kappa shape index (κ1) is 10.7. The molecule has 0 aliphatic rings. The summed E-state index contributed by atoms with van der Waals surface area (Å²) in [6.07, 6.45) is -0.445. The van der Waals surface area contributed by atoms with E-state index in [9.17, 15) is 4.39 Å². The Bertz CT molecular complexity index is 479. The van der Waals surface area contributed by atoms with E-state index in [0.29, 0.717) is 12.1 Å². The Hall–Kier alpha value is -1.84. The highest BCUT2D eigenvalue weighted by atomic mass is 19.1. The van der Waals surface area contributed by atoms with E-state index in [-0.39, 0.29) is 5.88 Å². The zero-order valence-electron chi connectivity index (χ0n) is 8.98. The van der Waals surface area contributed by atoms with Crippen molar-refractivity contribution in [2.24, 2.45) is 0 Å². The van der Waals surface area contributed by atoms with Crippen LogP contribution in [-0.2, 0) is 6.42 Å². The molecular formula is C12H13FN2O. The van der Waals surface area contributed by atoms with Crippen LogP contribution in [0.25, 0.3) is 11.3 Å². The van der Waals surface area contributed by atoms with Gasteiger partial charge in [0.05, 0.1) is 0 Å². The first-order chi connectivity index (χ1) is 7.65. The molecule has 0 amide bonds. The van der Waals surface area contributed by atoms with Gasteiger partial charge < -0.3 is 10.3 Å². The van der Waals surface area contributed by atoms with Crippen LogP contribution in [0.4, 0.5) is 10.3 Å². The lowest BCUT2D eigenvalue weighted by Crippen LogP contribution is -1.98. The topological polar surface area (TPSA) is 52.0 Å². The summed E-state index contributed by atoms with van der Waals surface area (Å²) in [5, 5.41) is 3.81. The molecule has 1 unspecified atom stereocenters. The summed E-state index contributed by atoms with van der Waals surface area (Å²) in [5.74, 6) is 0.277. The molecule has 2 N–H and O–H groups in total. The van der Waals surface area contributed by atoms with Crippen molar-refractivity contribution in [2.75, 3.05) is 5.73 Å². The first-order valence-corrected chi connectivity index (χ1v) is 5.11. The van der Waals surface area contributed by atoms with Crippen LogP contribution in [0.2, 0.25) is 0 Å². The van der Waals surface area contributed by atoms with Crippen molar-refractivity contribution in [3.05, 3.63) is 35.9 Å². The second kappa shape index (κ2) is 4.35. The SMILES string of the molecule is CC(F)Cc1cccc(-c2cc(N)on2)c1. The summed E-state index contributed by atoms with van der Waals surface area (Å²) in [7, 11) is 0. The minimum absolute atomic E-state index is 0.277. The fourth-order valence-electron chi connectivity index (χ4n) is 1.61. The van der Waals surface area contributed by atoms with Gasteiger partial charge in [-0.1, -0.05) is 23.4 Å². The van der Waals surface area contributed by atoms with Crippen LogP contribution in [0.15, 0.2) is 34.9 Å². The summed E-state index contributed by atoms with van der Waals surface area (Å²) in [6, 6.07) is 9.20. The molecule has 0 saturated heterocycles. The third-order valence-electron chi connectivity index (χ3n) is 2.27. The zero-order chi connectivity index (χ0) is 11.5. The maximum atomic E-state index is 12.9. The van der Waals surface area contributed by atoms with Gasteiger partial charge in [-0.05, 0) is 18.6 Å². The molecule has 0 saturated carbocycles. The number of hydrogen-bond acceptors (Lipinski definition) is 3. The molecule has 0 aliphatic heterocycles. The minimum Gasteiger partial charge on any atom is -0.368 e. The number of nitrogens with two attached hydrogens (primary N) is 1.